The summed E-state index contributed by atoms with van der Waals surface area (Å²) < 4.78 is 32.4. The van der Waals surface area contributed by atoms with Crippen molar-refractivity contribution in [2.24, 2.45) is 0 Å². The highest BCUT2D eigenvalue weighted by Gasteiger charge is 2.38. The van der Waals surface area contributed by atoms with Crippen molar-refractivity contribution in [3.8, 4) is 11.5 Å². The highest BCUT2D eigenvalue weighted by Crippen LogP contribution is 2.70. The zero-order valence-electron chi connectivity index (χ0n) is 28.3. The van der Waals surface area contributed by atoms with Crippen LogP contribution in [-0.4, -0.2) is 20.6 Å². The molecule has 0 bridgehead atoms. The van der Waals surface area contributed by atoms with E-state index >= 15 is 0 Å². The molecule has 46 heavy (non-hydrogen) atoms. The minimum atomic E-state index is -1.78. The van der Waals surface area contributed by atoms with E-state index in [1.807, 2.05) is 0 Å². The highest BCUT2D eigenvalue weighted by molar-refractivity contribution is 7.59. The molecule has 1 saturated heterocycles. The third kappa shape index (κ3) is 6.61. The average molecular weight is 657 g/mol. The molecule has 6 rings (SSSR count). The van der Waals surface area contributed by atoms with Crippen molar-refractivity contribution in [2.45, 2.75) is 76.5 Å². The first-order valence-electron chi connectivity index (χ1n) is 16.1. The van der Waals surface area contributed by atoms with Crippen molar-refractivity contribution < 1.29 is 22.4 Å². The number of hydrogen-bond donors (Lipinski definition) is 0. The maximum Gasteiger partial charge on any atom is 0.387 e. The Morgan fingerprint density at radius 1 is 0.630 bits per heavy atom. The molecule has 1 aliphatic heterocycles. The molecule has 0 amide bonds. The fourth-order valence-corrected chi connectivity index (χ4v) is 11.2. The molecule has 2 heterocycles. The monoisotopic (exact) mass is 656 g/mol. The molecule has 242 valence electrons. The van der Waals surface area contributed by atoms with Gasteiger partial charge in [0.25, 0.3) is 0 Å². The lowest BCUT2D eigenvalue weighted by molar-refractivity contribution is 0.411. The smallest absolute Gasteiger partial charge is 0.387 e. The lowest BCUT2D eigenvalue weighted by atomic mass is 9.84. The Morgan fingerprint density at radius 2 is 1.04 bits per heavy atom. The molecule has 0 aliphatic carbocycles. The number of rotatable bonds is 7. The molecule has 1 aliphatic rings. The quantitative estimate of drug-likeness (QED) is 0.163. The van der Waals surface area contributed by atoms with E-state index in [9.17, 15) is 0 Å². The minimum absolute atomic E-state index is 0.220. The molecule has 7 heteroatoms. The van der Waals surface area contributed by atoms with Gasteiger partial charge in [-0.3, -0.25) is 4.52 Å². The molecule has 0 unspecified atom stereocenters. The summed E-state index contributed by atoms with van der Waals surface area (Å²) in [4.78, 5) is 0. The molecule has 0 N–H and O–H groups in total. The van der Waals surface area contributed by atoms with Gasteiger partial charge in [-0.1, -0.05) is 110 Å². The largest absolute Gasteiger partial charge is 0.497 e. The van der Waals surface area contributed by atoms with Gasteiger partial charge in [-0.05, 0) is 59.1 Å². The molecule has 1 aromatic heterocycles. The van der Waals surface area contributed by atoms with Gasteiger partial charge in [0.05, 0.1) is 20.6 Å². The summed E-state index contributed by atoms with van der Waals surface area (Å²) in [5, 5.41) is 1.85. The topological polar surface area (TPSA) is 54.0 Å². The molecule has 1 fully saturated rings. The Balaban J connectivity index is 1.56. The Kier molecular flexibility index (Phi) is 9.32. The van der Waals surface area contributed by atoms with Crippen molar-refractivity contribution in [1.29, 1.82) is 0 Å². The summed E-state index contributed by atoms with van der Waals surface area (Å²) in [5.41, 5.74) is 6.91. The van der Waals surface area contributed by atoms with Crippen molar-refractivity contribution in [3.63, 3.8) is 0 Å². The van der Waals surface area contributed by atoms with Gasteiger partial charge in [0.15, 0.2) is 0 Å². The number of methoxy groups -OCH3 is 2. The number of hydrogen-bond acceptors (Lipinski definition) is 5. The van der Waals surface area contributed by atoms with Gasteiger partial charge in [-0.15, -0.1) is 0 Å². The van der Waals surface area contributed by atoms with Gasteiger partial charge >= 0.3 is 8.24 Å². The van der Waals surface area contributed by atoms with Crippen LogP contribution in [0.4, 0.5) is 0 Å². The number of ether oxygens (including phenoxy) is 2. The van der Waals surface area contributed by atoms with E-state index in [1.165, 1.54) is 11.1 Å². The van der Waals surface area contributed by atoms with Crippen LogP contribution in [0.3, 0.4) is 0 Å². The van der Waals surface area contributed by atoms with Crippen LogP contribution >= 0.6 is 16.2 Å². The zero-order chi connectivity index (χ0) is 32.6. The Hall–Kier alpha value is -3.23. The fourth-order valence-electron chi connectivity index (χ4n) is 6.60. The van der Waals surface area contributed by atoms with Crippen LogP contribution in [0.25, 0.3) is 21.9 Å². The molecular formula is C39H46O5P2. The second kappa shape index (κ2) is 13.1. The van der Waals surface area contributed by atoms with Gasteiger partial charge < -0.3 is 17.9 Å². The molecule has 0 saturated carbocycles. The van der Waals surface area contributed by atoms with Crippen molar-refractivity contribution in [1.82, 2.24) is 0 Å². The molecule has 2 atom stereocenters. The normalized spacial score (nSPS) is 17.5. The van der Waals surface area contributed by atoms with Crippen LogP contribution in [0, 0.1) is 0 Å². The van der Waals surface area contributed by atoms with Gasteiger partial charge in [-0.25, -0.2) is 0 Å². The number of benzene rings is 4. The minimum Gasteiger partial charge on any atom is -0.497 e. The summed E-state index contributed by atoms with van der Waals surface area (Å²) in [6.45, 7) is 13.2. The second-order valence-corrected chi connectivity index (χ2v) is 17.8. The molecular weight excluding hydrogens is 610 g/mol. The van der Waals surface area contributed by atoms with Crippen LogP contribution in [0.1, 0.15) is 88.0 Å². The van der Waals surface area contributed by atoms with E-state index in [0.717, 1.165) is 57.4 Å². The summed E-state index contributed by atoms with van der Waals surface area (Å²) in [6.07, 6.45) is 2.88. The first kappa shape index (κ1) is 32.7. The third-order valence-electron chi connectivity index (χ3n) is 9.03. The Labute approximate surface area is 275 Å². The summed E-state index contributed by atoms with van der Waals surface area (Å²) in [6, 6.07) is 30.2. The van der Waals surface area contributed by atoms with E-state index < -0.39 is 16.2 Å². The van der Waals surface area contributed by atoms with Crippen LogP contribution in [0.5, 0.6) is 11.5 Å². The molecule has 0 radical (unpaired) electrons. The molecule has 5 nitrogen and oxygen atoms in total. The van der Waals surface area contributed by atoms with Crippen molar-refractivity contribution >= 4 is 38.1 Å². The first-order valence-corrected chi connectivity index (χ1v) is 18.8. The van der Waals surface area contributed by atoms with E-state index in [1.54, 1.807) is 14.2 Å². The summed E-state index contributed by atoms with van der Waals surface area (Å²) in [5.74, 6) is 1.55. The van der Waals surface area contributed by atoms with Crippen molar-refractivity contribution in [2.75, 3.05) is 20.6 Å². The maximum atomic E-state index is 6.91. The zero-order valence-corrected chi connectivity index (χ0v) is 30.1. The van der Waals surface area contributed by atoms with E-state index in [0.29, 0.717) is 17.7 Å². The number of fused-ring (bicyclic) bond motifs is 3. The van der Waals surface area contributed by atoms with Crippen LogP contribution in [-0.2, 0) is 10.8 Å². The Bertz CT molecular complexity index is 1720. The first-order chi connectivity index (χ1) is 22.0. The van der Waals surface area contributed by atoms with Crippen LogP contribution in [0.2, 0.25) is 0 Å². The molecule has 0 spiro atoms. The van der Waals surface area contributed by atoms with E-state index in [-0.39, 0.29) is 10.8 Å². The van der Waals surface area contributed by atoms with Gasteiger partial charge in [0, 0.05) is 33.2 Å². The van der Waals surface area contributed by atoms with Crippen molar-refractivity contribution in [3.05, 3.63) is 107 Å². The molecule has 4 aromatic carbocycles. The van der Waals surface area contributed by atoms with Gasteiger partial charge in [0.1, 0.15) is 22.7 Å². The van der Waals surface area contributed by atoms with E-state index in [2.05, 4.69) is 126 Å². The SMILES string of the molecule is COc1cc(C(C)(C)C)c2op(OCP3[C@@H](c4ccccc4)CC[C@@H]3c3ccccc3)oc3c(C(C)(C)C)cc(OC)cc3c2c1. The summed E-state index contributed by atoms with van der Waals surface area (Å²) >= 11 is 0. The van der Waals surface area contributed by atoms with Gasteiger partial charge in [0.2, 0.25) is 0 Å². The highest BCUT2D eigenvalue weighted by atomic mass is 31.1. The third-order valence-corrected chi connectivity index (χ3v) is 13.4. The fraction of sp³-hybridized carbons (Fsp3) is 0.385. The maximum absolute atomic E-state index is 6.91. The lowest BCUT2D eigenvalue weighted by Gasteiger charge is -2.26. The van der Waals surface area contributed by atoms with Crippen LogP contribution < -0.4 is 14.0 Å². The van der Waals surface area contributed by atoms with E-state index in [4.69, 9.17) is 22.4 Å². The predicted octanol–water partition coefficient (Wildman–Crippen LogP) is 12.0. The van der Waals surface area contributed by atoms with Crippen LogP contribution in [0.15, 0.2) is 93.3 Å². The standard InChI is InChI=1S/C39H46O5P2/c1-38(2,3)32-23-28(40-7)21-30-31-22-29(41-8)24-33(39(4,5)6)37(31)44-46(43-36(30)32)42-25-45-34(26-15-11-9-12-16-26)19-20-35(45)27-17-13-10-14-18-27/h9-18,21-24,34-35H,19-20,25H2,1-8H3/t34-,35-/m1/s1. The molecule has 5 aromatic rings. The predicted molar refractivity (Wildman–Crippen MR) is 193 cm³/mol. The average Bonchev–Trinajstić information content (AvgIpc) is 3.40. The lowest BCUT2D eigenvalue weighted by Crippen LogP contribution is -2.12. The summed E-state index contributed by atoms with van der Waals surface area (Å²) in [7, 11) is 1.06. The van der Waals surface area contributed by atoms with Gasteiger partial charge in [-0.2, -0.15) is 0 Å². The second-order valence-electron chi connectivity index (χ2n) is 14.2. The Morgan fingerprint density at radius 3 is 1.41 bits per heavy atom.